The highest BCUT2D eigenvalue weighted by Crippen LogP contribution is 2.03. The lowest BCUT2D eigenvalue weighted by atomic mass is 10.1. The first-order valence-electron chi connectivity index (χ1n) is 4.81. The maximum atomic E-state index is 8.69. The van der Waals surface area contributed by atoms with Crippen molar-refractivity contribution in [1.82, 2.24) is 10.2 Å². The van der Waals surface area contributed by atoms with Crippen molar-refractivity contribution in [3.63, 3.8) is 0 Å². The third-order valence-corrected chi connectivity index (χ3v) is 2.27. The fourth-order valence-corrected chi connectivity index (χ4v) is 1.92. The average molecular weight is 172 g/mol. The first-order valence-corrected chi connectivity index (χ1v) is 4.81. The van der Waals surface area contributed by atoms with E-state index in [0.29, 0.717) is 18.7 Å². The lowest BCUT2D eigenvalue weighted by Gasteiger charge is -2.36. The Hall–Kier alpha value is -0.120. The molecule has 0 aromatic heterocycles. The molecule has 0 radical (unpaired) electrons. The standard InChI is InChI=1S/C9H20N2O/c1-8-6-11(4-3-5-12)7-9(2)10-8/h8-10,12H,3-7H2,1-2H3/t8-,9-/m0/s1. The second-order valence-corrected chi connectivity index (χ2v) is 3.81. The number of nitrogens with one attached hydrogen (secondary N) is 1. The Balaban J connectivity index is 2.24. The van der Waals surface area contributed by atoms with E-state index in [9.17, 15) is 0 Å². The second kappa shape index (κ2) is 4.80. The molecule has 1 rings (SSSR count). The van der Waals surface area contributed by atoms with E-state index in [1.807, 2.05) is 0 Å². The van der Waals surface area contributed by atoms with Crippen molar-refractivity contribution in [2.24, 2.45) is 0 Å². The van der Waals surface area contributed by atoms with Gasteiger partial charge in [0.2, 0.25) is 0 Å². The van der Waals surface area contributed by atoms with E-state index in [2.05, 4.69) is 24.1 Å². The van der Waals surface area contributed by atoms with Gasteiger partial charge < -0.3 is 15.3 Å². The third kappa shape index (κ3) is 3.09. The number of hydrogen-bond donors (Lipinski definition) is 2. The zero-order valence-electron chi connectivity index (χ0n) is 8.08. The first-order chi connectivity index (χ1) is 5.72. The fraction of sp³-hybridized carbons (Fsp3) is 1.00. The van der Waals surface area contributed by atoms with Gasteiger partial charge >= 0.3 is 0 Å². The highest BCUT2D eigenvalue weighted by Gasteiger charge is 2.19. The van der Waals surface area contributed by atoms with Crippen molar-refractivity contribution in [3.05, 3.63) is 0 Å². The summed E-state index contributed by atoms with van der Waals surface area (Å²) in [5.74, 6) is 0. The molecule has 0 bridgehead atoms. The highest BCUT2D eigenvalue weighted by molar-refractivity contribution is 4.80. The van der Waals surface area contributed by atoms with Gasteiger partial charge in [-0.3, -0.25) is 0 Å². The molecule has 2 N–H and O–H groups in total. The first kappa shape index (κ1) is 9.96. The summed E-state index contributed by atoms with van der Waals surface area (Å²) in [6.07, 6.45) is 0.902. The number of nitrogens with zero attached hydrogens (tertiary/aromatic N) is 1. The Kier molecular flexibility index (Phi) is 3.98. The molecule has 0 saturated carbocycles. The summed E-state index contributed by atoms with van der Waals surface area (Å²) in [4.78, 5) is 2.42. The van der Waals surface area contributed by atoms with Crippen molar-refractivity contribution in [1.29, 1.82) is 0 Å². The molecule has 0 aromatic carbocycles. The van der Waals surface area contributed by atoms with Gasteiger partial charge in [0.1, 0.15) is 0 Å². The van der Waals surface area contributed by atoms with Gasteiger partial charge in [0.25, 0.3) is 0 Å². The topological polar surface area (TPSA) is 35.5 Å². The summed E-state index contributed by atoms with van der Waals surface area (Å²) >= 11 is 0. The van der Waals surface area contributed by atoms with Crippen LogP contribution in [-0.2, 0) is 0 Å². The number of hydrogen-bond acceptors (Lipinski definition) is 3. The summed E-state index contributed by atoms with van der Waals surface area (Å²) < 4.78 is 0. The maximum Gasteiger partial charge on any atom is 0.0443 e. The maximum absolute atomic E-state index is 8.69. The third-order valence-electron chi connectivity index (χ3n) is 2.27. The molecule has 12 heavy (non-hydrogen) atoms. The van der Waals surface area contributed by atoms with Gasteiger partial charge in [0, 0.05) is 38.3 Å². The van der Waals surface area contributed by atoms with Gasteiger partial charge in [-0.25, -0.2) is 0 Å². The Bertz CT molecular complexity index is 120. The molecule has 72 valence electrons. The molecule has 1 saturated heterocycles. The van der Waals surface area contributed by atoms with Crippen molar-refractivity contribution in [3.8, 4) is 0 Å². The molecule has 0 aliphatic carbocycles. The summed E-state index contributed by atoms with van der Waals surface area (Å²) in [6.45, 7) is 8.00. The van der Waals surface area contributed by atoms with E-state index in [0.717, 1.165) is 26.1 Å². The molecule has 0 spiro atoms. The van der Waals surface area contributed by atoms with Crippen LogP contribution in [0.15, 0.2) is 0 Å². The van der Waals surface area contributed by atoms with Crippen LogP contribution in [0.1, 0.15) is 20.3 Å². The SMILES string of the molecule is C[C@H]1CN(CCCO)C[C@H](C)N1. The van der Waals surface area contributed by atoms with Crippen LogP contribution in [0.4, 0.5) is 0 Å². The van der Waals surface area contributed by atoms with E-state index >= 15 is 0 Å². The molecule has 1 aliphatic rings. The monoisotopic (exact) mass is 172 g/mol. The summed E-state index contributed by atoms with van der Waals surface area (Å²) in [5.41, 5.74) is 0. The smallest absolute Gasteiger partial charge is 0.0443 e. The van der Waals surface area contributed by atoms with Gasteiger partial charge in [0.15, 0.2) is 0 Å². The molecule has 1 heterocycles. The lowest BCUT2D eigenvalue weighted by Crippen LogP contribution is -2.54. The summed E-state index contributed by atoms with van der Waals surface area (Å²) in [5, 5.41) is 12.2. The minimum absolute atomic E-state index is 0.312. The Morgan fingerprint density at radius 2 is 1.92 bits per heavy atom. The van der Waals surface area contributed by atoms with Gasteiger partial charge in [-0.2, -0.15) is 0 Å². The molecule has 0 amide bonds. The lowest BCUT2D eigenvalue weighted by molar-refractivity contribution is 0.158. The van der Waals surface area contributed by atoms with Crippen molar-refractivity contribution >= 4 is 0 Å². The van der Waals surface area contributed by atoms with Crippen LogP contribution in [-0.4, -0.2) is 48.3 Å². The van der Waals surface area contributed by atoms with Crippen molar-refractivity contribution in [2.45, 2.75) is 32.4 Å². The van der Waals surface area contributed by atoms with Crippen LogP contribution < -0.4 is 5.32 Å². The molecule has 3 nitrogen and oxygen atoms in total. The normalized spacial score (nSPS) is 32.2. The summed E-state index contributed by atoms with van der Waals surface area (Å²) in [6, 6.07) is 1.18. The van der Waals surface area contributed by atoms with Crippen LogP contribution in [0.2, 0.25) is 0 Å². The Morgan fingerprint density at radius 1 is 1.33 bits per heavy atom. The van der Waals surface area contributed by atoms with E-state index in [1.165, 1.54) is 0 Å². The summed E-state index contributed by atoms with van der Waals surface area (Å²) in [7, 11) is 0. The van der Waals surface area contributed by atoms with E-state index < -0.39 is 0 Å². The number of aliphatic hydroxyl groups is 1. The quantitative estimate of drug-likeness (QED) is 0.631. The molecular weight excluding hydrogens is 152 g/mol. The highest BCUT2D eigenvalue weighted by atomic mass is 16.3. The zero-order valence-corrected chi connectivity index (χ0v) is 8.08. The van der Waals surface area contributed by atoms with Crippen LogP contribution in [0.3, 0.4) is 0 Å². The predicted molar refractivity (Wildman–Crippen MR) is 50.2 cm³/mol. The average Bonchev–Trinajstić information content (AvgIpc) is 1.99. The van der Waals surface area contributed by atoms with Crippen molar-refractivity contribution in [2.75, 3.05) is 26.2 Å². The molecular formula is C9H20N2O. The van der Waals surface area contributed by atoms with Gasteiger partial charge in [-0.15, -0.1) is 0 Å². The Morgan fingerprint density at radius 3 is 2.42 bits per heavy atom. The molecule has 3 heteroatoms. The van der Waals surface area contributed by atoms with Gasteiger partial charge in [-0.05, 0) is 20.3 Å². The second-order valence-electron chi connectivity index (χ2n) is 3.81. The van der Waals surface area contributed by atoms with Crippen LogP contribution in [0.5, 0.6) is 0 Å². The minimum Gasteiger partial charge on any atom is -0.396 e. The molecule has 0 unspecified atom stereocenters. The van der Waals surface area contributed by atoms with Crippen LogP contribution in [0.25, 0.3) is 0 Å². The van der Waals surface area contributed by atoms with Crippen molar-refractivity contribution < 1.29 is 5.11 Å². The molecule has 1 fully saturated rings. The predicted octanol–water partition coefficient (Wildman–Crippen LogP) is 0.0510. The fourth-order valence-electron chi connectivity index (χ4n) is 1.92. The molecule has 0 aromatic rings. The number of rotatable bonds is 3. The van der Waals surface area contributed by atoms with E-state index in [-0.39, 0.29) is 0 Å². The van der Waals surface area contributed by atoms with Gasteiger partial charge in [-0.1, -0.05) is 0 Å². The van der Waals surface area contributed by atoms with E-state index in [1.54, 1.807) is 0 Å². The zero-order chi connectivity index (χ0) is 8.97. The largest absolute Gasteiger partial charge is 0.396 e. The van der Waals surface area contributed by atoms with Gasteiger partial charge in [0.05, 0.1) is 0 Å². The van der Waals surface area contributed by atoms with Crippen LogP contribution in [0, 0.1) is 0 Å². The molecule has 2 atom stereocenters. The van der Waals surface area contributed by atoms with Crippen LogP contribution >= 0.6 is 0 Å². The van der Waals surface area contributed by atoms with E-state index in [4.69, 9.17) is 5.11 Å². The number of aliphatic hydroxyl groups excluding tert-OH is 1. The number of piperazine rings is 1. The molecule has 1 aliphatic heterocycles. The Labute approximate surface area is 74.8 Å². The minimum atomic E-state index is 0.312.